The average Bonchev–Trinajstić information content (AvgIpc) is 3.00. The van der Waals surface area contributed by atoms with E-state index in [0.29, 0.717) is 29.4 Å². The van der Waals surface area contributed by atoms with Crippen molar-refractivity contribution in [2.75, 3.05) is 27.7 Å². The number of carbonyl (C=O) groups excluding carboxylic acids is 1. The van der Waals surface area contributed by atoms with Crippen LogP contribution in [0.4, 0.5) is 0 Å². The highest BCUT2D eigenvalue weighted by molar-refractivity contribution is 5.85. The number of nitrogens with zero attached hydrogens (tertiary/aromatic N) is 3. The fourth-order valence-corrected chi connectivity index (χ4v) is 1.86. The summed E-state index contributed by atoms with van der Waals surface area (Å²) in [5, 5.41) is 7.12. The monoisotopic (exact) mass is 354 g/mol. The van der Waals surface area contributed by atoms with Crippen LogP contribution in [0.5, 0.6) is 5.75 Å². The van der Waals surface area contributed by atoms with Gasteiger partial charge in [-0.1, -0.05) is 17.3 Å². The minimum atomic E-state index is -0.117. The summed E-state index contributed by atoms with van der Waals surface area (Å²) in [6.45, 7) is 2.00. The van der Waals surface area contributed by atoms with Crippen LogP contribution in [0.25, 0.3) is 11.5 Å². The maximum absolute atomic E-state index is 11.7. The molecular formula is C16H23ClN4O3. The number of nitrogens with one attached hydrogen (secondary N) is 1. The van der Waals surface area contributed by atoms with Crippen molar-refractivity contribution < 1.29 is 14.1 Å². The predicted octanol–water partition coefficient (Wildman–Crippen LogP) is 1.78. The topological polar surface area (TPSA) is 80.5 Å². The number of para-hydroxylation sites is 1. The van der Waals surface area contributed by atoms with E-state index in [1.165, 1.54) is 4.90 Å². The van der Waals surface area contributed by atoms with E-state index in [1.807, 2.05) is 32.2 Å². The number of likely N-dealkylation sites (N-methyl/N-ethyl adjacent to an activating group) is 2. The van der Waals surface area contributed by atoms with Crippen molar-refractivity contribution in [3.8, 4) is 17.2 Å². The molecule has 8 heteroatoms. The van der Waals surface area contributed by atoms with E-state index < -0.39 is 0 Å². The molecule has 1 aromatic carbocycles. The molecule has 0 aliphatic carbocycles. The van der Waals surface area contributed by atoms with Crippen molar-refractivity contribution >= 4 is 18.3 Å². The summed E-state index contributed by atoms with van der Waals surface area (Å²) in [6.07, 6.45) is 0.669. The van der Waals surface area contributed by atoms with Crippen molar-refractivity contribution in [1.82, 2.24) is 20.4 Å². The highest BCUT2D eigenvalue weighted by atomic mass is 35.5. The largest absolute Gasteiger partial charge is 0.483 e. The Hall–Kier alpha value is -2.12. The molecule has 0 fully saturated rings. The molecule has 2 rings (SSSR count). The third-order valence-corrected chi connectivity index (χ3v) is 3.42. The zero-order chi connectivity index (χ0) is 16.8. The quantitative estimate of drug-likeness (QED) is 0.816. The molecule has 1 atom stereocenters. The Bertz CT molecular complexity index is 660. The van der Waals surface area contributed by atoms with Crippen LogP contribution in [0.2, 0.25) is 0 Å². The van der Waals surface area contributed by atoms with Gasteiger partial charge in [0, 0.05) is 26.6 Å². The lowest BCUT2D eigenvalue weighted by molar-refractivity contribution is -0.130. The number of aromatic nitrogens is 2. The Labute approximate surface area is 147 Å². The molecule has 0 radical (unpaired) electrons. The molecule has 0 aliphatic heterocycles. The van der Waals surface area contributed by atoms with E-state index >= 15 is 0 Å². The van der Waals surface area contributed by atoms with Crippen molar-refractivity contribution in [2.24, 2.45) is 0 Å². The van der Waals surface area contributed by atoms with E-state index in [1.54, 1.807) is 20.2 Å². The Balaban J connectivity index is 0.00000288. The molecule has 1 unspecified atom stereocenters. The fourth-order valence-electron chi connectivity index (χ4n) is 1.86. The predicted molar refractivity (Wildman–Crippen MR) is 93.4 cm³/mol. The van der Waals surface area contributed by atoms with Gasteiger partial charge >= 0.3 is 0 Å². The number of amides is 1. The number of rotatable bonds is 7. The molecule has 24 heavy (non-hydrogen) atoms. The van der Waals surface area contributed by atoms with Crippen LogP contribution in [-0.2, 0) is 11.2 Å². The minimum absolute atomic E-state index is 0. The van der Waals surface area contributed by atoms with Crippen LogP contribution >= 0.6 is 12.4 Å². The summed E-state index contributed by atoms with van der Waals surface area (Å²) < 4.78 is 10.9. The third kappa shape index (κ3) is 5.21. The van der Waals surface area contributed by atoms with E-state index in [0.717, 1.165) is 0 Å². The number of halogens is 1. The molecular weight excluding hydrogens is 332 g/mol. The van der Waals surface area contributed by atoms with Gasteiger partial charge in [-0.15, -0.1) is 12.4 Å². The van der Waals surface area contributed by atoms with Gasteiger partial charge in [-0.25, -0.2) is 0 Å². The van der Waals surface area contributed by atoms with Crippen molar-refractivity contribution in [3.63, 3.8) is 0 Å². The van der Waals surface area contributed by atoms with E-state index in [4.69, 9.17) is 9.26 Å². The van der Waals surface area contributed by atoms with E-state index in [-0.39, 0.29) is 31.0 Å². The smallest absolute Gasteiger partial charge is 0.261 e. The SMILES string of the molecule is CNC(C)Cc1noc(-c2ccccc2OCC(=O)N(C)C)n1.Cl. The second-order valence-corrected chi connectivity index (χ2v) is 5.48. The number of carbonyl (C=O) groups is 1. The Morgan fingerprint density at radius 3 is 2.75 bits per heavy atom. The maximum atomic E-state index is 11.7. The molecule has 0 saturated carbocycles. The first-order chi connectivity index (χ1) is 11.0. The summed E-state index contributed by atoms with van der Waals surface area (Å²) >= 11 is 0. The molecule has 1 amide bonds. The lowest BCUT2D eigenvalue weighted by atomic mass is 10.2. The first-order valence-electron chi connectivity index (χ1n) is 7.43. The standard InChI is InChI=1S/C16H22N4O3.ClH/c1-11(17-2)9-14-18-16(23-19-14)12-7-5-6-8-13(12)22-10-15(21)20(3)4;/h5-8,11,17H,9-10H2,1-4H3;1H. The van der Waals surface area contributed by atoms with Gasteiger partial charge in [-0.2, -0.15) is 4.98 Å². The van der Waals surface area contributed by atoms with Gasteiger partial charge in [0.2, 0.25) is 0 Å². The first-order valence-corrected chi connectivity index (χ1v) is 7.43. The summed E-state index contributed by atoms with van der Waals surface area (Å²) in [5.74, 6) is 1.44. The molecule has 2 aromatic rings. The summed E-state index contributed by atoms with van der Waals surface area (Å²) in [6, 6.07) is 7.55. The number of hydrogen-bond acceptors (Lipinski definition) is 6. The average molecular weight is 355 g/mol. The van der Waals surface area contributed by atoms with Crippen LogP contribution in [0.3, 0.4) is 0 Å². The number of hydrogen-bond donors (Lipinski definition) is 1. The third-order valence-electron chi connectivity index (χ3n) is 3.42. The van der Waals surface area contributed by atoms with Crippen LogP contribution in [0, 0.1) is 0 Å². The molecule has 1 heterocycles. The zero-order valence-electron chi connectivity index (χ0n) is 14.3. The summed E-state index contributed by atoms with van der Waals surface area (Å²) in [7, 11) is 5.26. The maximum Gasteiger partial charge on any atom is 0.261 e. The Morgan fingerprint density at radius 1 is 1.38 bits per heavy atom. The van der Waals surface area contributed by atoms with Gasteiger partial charge < -0.3 is 19.5 Å². The van der Waals surface area contributed by atoms with Gasteiger partial charge in [-0.05, 0) is 26.1 Å². The zero-order valence-corrected chi connectivity index (χ0v) is 15.1. The first kappa shape index (κ1) is 19.9. The minimum Gasteiger partial charge on any atom is -0.483 e. The molecule has 0 bridgehead atoms. The highest BCUT2D eigenvalue weighted by Gasteiger charge is 2.16. The van der Waals surface area contributed by atoms with E-state index in [2.05, 4.69) is 15.5 Å². The van der Waals surface area contributed by atoms with Gasteiger partial charge in [-0.3, -0.25) is 4.79 Å². The summed E-state index contributed by atoms with van der Waals surface area (Å²) in [4.78, 5) is 17.5. The number of ether oxygens (including phenoxy) is 1. The van der Waals surface area contributed by atoms with Gasteiger partial charge in [0.1, 0.15) is 5.75 Å². The summed E-state index contributed by atoms with van der Waals surface area (Å²) in [5.41, 5.74) is 0.676. The van der Waals surface area contributed by atoms with Crippen LogP contribution < -0.4 is 10.1 Å². The molecule has 0 aliphatic rings. The normalized spacial score (nSPS) is 11.5. The van der Waals surface area contributed by atoms with Crippen LogP contribution in [0.1, 0.15) is 12.7 Å². The Kier molecular flexibility index (Phi) is 7.67. The lowest BCUT2D eigenvalue weighted by Gasteiger charge is -2.12. The van der Waals surface area contributed by atoms with Gasteiger partial charge in [0.25, 0.3) is 11.8 Å². The Morgan fingerprint density at radius 2 is 2.08 bits per heavy atom. The molecule has 132 valence electrons. The van der Waals surface area contributed by atoms with Crippen molar-refractivity contribution in [3.05, 3.63) is 30.1 Å². The molecule has 7 nitrogen and oxygen atoms in total. The van der Waals surface area contributed by atoms with Crippen molar-refractivity contribution in [1.29, 1.82) is 0 Å². The fraction of sp³-hybridized carbons (Fsp3) is 0.438. The van der Waals surface area contributed by atoms with E-state index in [9.17, 15) is 4.79 Å². The highest BCUT2D eigenvalue weighted by Crippen LogP contribution is 2.28. The van der Waals surface area contributed by atoms with Crippen molar-refractivity contribution in [2.45, 2.75) is 19.4 Å². The van der Waals surface area contributed by atoms with Crippen LogP contribution in [-0.4, -0.2) is 54.7 Å². The molecule has 1 aromatic heterocycles. The molecule has 0 saturated heterocycles. The second-order valence-electron chi connectivity index (χ2n) is 5.48. The lowest BCUT2D eigenvalue weighted by Crippen LogP contribution is -2.27. The second kappa shape index (κ2) is 9.24. The number of benzene rings is 1. The molecule has 1 N–H and O–H groups in total. The van der Waals surface area contributed by atoms with Gasteiger partial charge in [0.15, 0.2) is 12.4 Å². The van der Waals surface area contributed by atoms with Crippen LogP contribution in [0.15, 0.2) is 28.8 Å². The molecule has 0 spiro atoms. The van der Waals surface area contributed by atoms with Gasteiger partial charge in [0.05, 0.1) is 5.56 Å².